The molecule has 0 fully saturated rings. The highest BCUT2D eigenvalue weighted by atomic mass is 32.2. The zero-order chi connectivity index (χ0) is 20.9. The second-order valence-electron chi connectivity index (χ2n) is 6.63. The van der Waals surface area contributed by atoms with Crippen molar-refractivity contribution in [3.8, 4) is 0 Å². The molecule has 0 aliphatic heterocycles. The van der Waals surface area contributed by atoms with Crippen molar-refractivity contribution >= 4 is 33.4 Å². The maximum Gasteiger partial charge on any atom is 0.291 e. The minimum atomic E-state index is -3.57. The number of benzene rings is 2. The van der Waals surface area contributed by atoms with Crippen molar-refractivity contribution in [3.63, 3.8) is 0 Å². The van der Waals surface area contributed by atoms with E-state index in [1.807, 2.05) is 30.3 Å². The van der Waals surface area contributed by atoms with E-state index in [-0.39, 0.29) is 22.6 Å². The Bertz CT molecular complexity index is 1060. The normalized spacial score (nSPS) is 11.6. The Hall–Kier alpha value is -2.55. The Balaban J connectivity index is 1.66. The van der Waals surface area contributed by atoms with Crippen LogP contribution in [0, 0.1) is 0 Å². The average molecular weight is 431 g/mol. The van der Waals surface area contributed by atoms with Gasteiger partial charge in [0.15, 0.2) is 5.76 Å². The zero-order valence-electron chi connectivity index (χ0n) is 16.1. The highest BCUT2D eigenvalue weighted by Crippen LogP contribution is 2.25. The van der Waals surface area contributed by atoms with Gasteiger partial charge in [-0.3, -0.25) is 4.79 Å². The molecule has 3 aromatic rings. The molecule has 1 amide bonds. The van der Waals surface area contributed by atoms with Crippen LogP contribution in [0.5, 0.6) is 0 Å². The third-order valence-corrected chi connectivity index (χ3v) is 6.64. The van der Waals surface area contributed by atoms with Crippen LogP contribution >= 0.6 is 11.8 Å². The molecule has 8 heteroatoms. The summed E-state index contributed by atoms with van der Waals surface area (Å²) in [4.78, 5) is 13.8. The fourth-order valence-electron chi connectivity index (χ4n) is 2.61. The predicted molar refractivity (Wildman–Crippen MR) is 115 cm³/mol. The average Bonchev–Trinajstić information content (AvgIpc) is 3.15. The number of anilines is 1. The van der Waals surface area contributed by atoms with E-state index < -0.39 is 10.0 Å². The molecule has 0 saturated carbocycles. The molecule has 0 radical (unpaired) electrons. The third kappa shape index (κ3) is 5.72. The van der Waals surface area contributed by atoms with E-state index in [0.717, 1.165) is 10.5 Å². The number of nitrogens with one attached hydrogen (secondary N) is 2. The van der Waals surface area contributed by atoms with E-state index in [0.29, 0.717) is 11.4 Å². The van der Waals surface area contributed by atoms with E-state index in [9.17, 15) is 13.2 Å². The quantitative estimate of drug-likeness (QED) is 0.513. The molecule has 0 unspecified atom stereocenters. The molecular weight excluding hydrogens is 408 g/mol. The van der Waals surface area contributed by atoms with Gasteiger partial charge in [-0.15, -0.1) is 11.8 Å². The second-order valence-corrected chi connectivity index (χ2v) is 9.39. The molecule has 3 rings (SSSR count). The third-order valence-electron chi connectivity index (χ3n) is 3.90. The standard InChI is InChI=1S/C21H22N2O4S2/c1-15(2)23-29(25,26)19-10-8-17(9-11-19)22-21(24)20-16(12-13-27-20)14-28-18-6-4-3-5-7-18/h3-13,15,23H,14H2,1-2H3,(H,22,24). The number of carbonyl (C=O) groups is 1. The molecule has 29 heavy (non-hydrogen) atoms. The van der Waals surface area contributed by atoms with Crippen LogP contribution < -0.4 is 10.0 Å². The Morgan fingerprint density at radius 1 is 1.03 bits per heavy atom. The summed E-state index contributed by atoms with van der Waals surface area (Å²) in [5, 5.41) is 2.75. The van der Waals surface area contributed by atoms with Gasteiger partial charge >= 0.3 is 0 Å². The lowest BCUT2D eigenvalue weighted by atomic mass is 10.2. The maximum absolute atomic E-state index is 12.6. The summed E-state index contributed by atoms with van der Waals surface area (Å²) in [5.41, 5.74) is 1.27. The lowest BCUT2D eigenvalue weighted by Gasteiger charge is -2.10. The molecule has 0 spiro atoms. The van der Waals surface area contributed by atoms with Gasteiger partial charge in [-0.2, -0.15) is 0 Å². The Morgan fingerprint density at radius 3 is 2.38 bits per heavy atom. The Morgan fingerprint density at radius 2 is 1.72 bits per heavy atom. The maximum atomic E-state index is 12.6. The molecule has 0 bridgehead atoms. The van der Waals surface area contributed by atoms with Crippen LogP contribution in [-0.2, 0) is 15.8 Å². The number of thioether (sulfide) groups is 1. The van der Waals surface area contributed by atoms with Crippen molar-refractivity contribution in [1.82, 2.24) is 4.72 Å². The summed E-state index contributed by atoms with van der Waals surface area (Å²) < 4.78 is 32.3. The highest BCUT2D eigenvalue weighted by Gasteiger charge is 2.18. The first-order valence-electron chi connectivity index (χ1n) is 9.03. The van der Waals surface area contributed by atoms with Gasteiger partial charge < -0.3 is 9.73 Å². The van der Waals surface area contributed by atoms with Crippen LogP contribution in [0.4, 0.5) is 5.69 Å². The zero-order valence-corrected chi connectivity index (χ0v) is 17.7. The van der Waals surface area contributed by atoms with E-state index in [4.69, 9.17) is 4.42 Å². The van der Waals surface area contributed by atoms with Crippen molar-refractivity contribution < 1.29 is 17.6 Å². The molecule has 1 aromatic heterocycles. The fraction of sp³-hybridized carbons (Fsp3) is 0.190. The predicted octanol–water partition coefficient (Wildman–Crippen LogP) is 4.51. The number of rotatable bonds is 8. The number of hydrogen-bond donors (Lipinski definition) is 2. The molecule has 0 aliphatic carbocycles. The minimum Gasteiger partial charge on any atom is -0.459 e. The van der Waals surface area contributed by atoms with E-state index in [2.05, 4.69) is 10.0 Å². The molecule has 1 heterocycles. The SMILES string of the molecule is CC(C)NS(=O)(=O)c1ccc(NC(=O)c2occc2CSc2ccccc2)cc1. The van der Waals surface area contributed by atoms with Crippen LogP contribution in [-0.4, -0.2) is 20.4 Å². The fourth-order valence-corrected chi connectivity index (χ4v) is 4.76. The molecule has 6 nitrogen and oxygen atoms in total. The molecule has 152 valence electrons. The minimum absolute atomic E-state index is 0.141. The summed E-state index contributed by atoms with van der Waals surface area (Å²) in [6.45, 7) is 3.51. The lowest BCUT2D eigenvalue weighted by Crippen LogP contribution is -2.30. The van der Waals surface area contributed by atoms with Crippen LogP contribution in [0.2, 0.25) is 0 Å². The van der Waals surface area contributed by atoms with Crippen molar-refractivity contribution in [2.75, 3.05) is 5.32 Å². The van der Waals surface area contributed by atoms with Crippen LogP contribution in [0.25, 0.3) is 0 Å². The van der Waals surface area contributed by atoms with Crippen LogP contribution in [0.15, 0.2) is 81.1 Å². The van der Waals surface area contributed by atoms with Crippen molar-refractivity contribution in [2.24, 2.45) is 0 Å². The molecule has 0 saturated heterocycles. The van der Waals surface area contributed by atoms with E-state index in [1.165, 1.54) is 18.4 Å². The number of hydrogen-bond acceptors (Lipinski definition) is 5. The molecule has 0 atom stereocenters. The largest absolute Gasteiger partial charge is 0.459 e. The van der Waals surface area contributed by atoms with Gasteiger partial charge in [-0.05, 0) is 56.3 Å². The van der Waals surface area contributed by atoms with Crippen LogP contribution in [0.3, 0.4) is 0 Å². The first-order chi connectivity index (χ1) is 13.8. The highest BCUT2D eigenvalue weighted by molar-refractivity contribution is 7.98. The van der Waals surface area contributed by atoms with E-state index >= 15 is 0 Å². The van der Waals surface area contributed by atoms with Crippen molar-refractivity contribution in [3.05, 3.63) is 78.3 Å². The van der Waals surface area contributed by atoms with Gasteiger partial charge in [0.2, 0.25) is 10.0 Å². The smallest absolute Gasteiger partial charge is 0.291 e. The number of carbonyl (C=O) groups excluding carboxylic acids is 1. The molecule has 2 N–H and O–H groups in total. The van der Waals surface area contributed by atoms with Gasteiger partial charge in [-0.1, -0.05) is 18.2 Å². The Kier molecular flexibility index (Phi) is 6.79. The summed E-state index contributed by atoms with van der Waals surface area (Å²) >= 11 is 1.61. The van der Waals surface area contributed by atoms with Gasteiger partial charge in [0.05, 0.1) is 11.2 Å². The Labute approximate surface area is 174 Å². The summed E-state index contributed by atoms with van der Waals surface area (Å²) in [5.74, 6) is 0.461. The molecule has 0 aliphatic rings. The number of sulfonamides is 1. The second kappa shape index (κ2) is 9.30. The van der Waals surface area contributed by atoms with E-state index in [1.54, 1.807) is 43.8 Å². The molecule has 2 aromatic carbocycles. The first-order valence-corrected chi connectivity index (χ1v) is 11.5. The first kappa shape index (κ1) is 21.2. The van der Waals surface area contributed by atoms with Gasteiger partial charge in [0.1, 0.15) is 0 Å². The van der Waals surface area contributed by atoms with Crippen molar-refractivity contribution in [2.45, 2.75) is 35.4 Å². The number of amides is 1. The lowest BCUT2D eigenvalue weighted by molar-refractivity contribution is 0.0995. The van der Waals surface area contributed by atoms with Gasteiger partial charge in [0, 0.05) is 27.9 Å². The van der Waals surface area contributed by atoms with Gasteiger partial charge in [0.25, 0.3) is 5.91 Å². The monoisotopic (exact) mass is 430 g/mol. The topological polar surface area (TPSA) is 88.4 Å². The summed E-state index contributed by atoms with van der Waals surface area (Å²) in [7, 11) is -3.57. The number of furan rings is 1. The summed E-state index contributed by atoms with van der Waals surface area (Å²) in [6, 6.07) is 17.5. The van der Waals surface area contributed by atoms with Crippen molar-refractivity contribution in [1.29, 1.82) is 0 Å². The summed E-state index contributed by atoms with van der Waals surface area (Å²) in [6.07, 6.45) is 1.49. The molecular formula is C21H22N2O4S2. The van der Waals surface area contributed by atoms with Crippen LogP contribution in [0.1, 0.15) is 30.0 Å². The van der Waals surface area contributed by atoms with Gasteiger partial charge in [-0.25, -0.2) is 13.1 Å².